The summed E-state index contributed by atoms with van der Waals surface area (Å²) < 4.78 is 39.6. The molecule has 5 nitrogen and oxygen atoms in total. The fraction of sp³-hybridized carbons (Fsp3) is 0.278. The Kier molecular flexibility index (Phi) is 5.17. The highest BCUT2D eigenvalue weighted by Gasteiger charge is 2.23. The number of nitrogens with zero attached hydrogens (tertiary/aromatic N) is 1. The van der Waals surface area contributed by atoms with Crippen molar-refractivity contribution >= 4 is 21.6 Å². The summed E-state index contributed by atoms with van der Waals surface area (Å²) in [6, 6.07) is 11.0. The lowest BCUT2D eigenvalue weighted by molar-refractivity contribution is 0.0919. The summed E-state index contributed by atoms with van der Waals surface area (Å²) in [5, 5.41) is 2.79. The highest BCUT2D eigenvalue weighted by molar-refractivity contribution is 7.92. The topological polar surface area (TPSA) is 66.5 Å². The van der Waals surface area contributed by atoms with Gasteiger partial charge in [-0.15, -0.1) is 0 Å². The second kappa shape index (κ2) is 6.84. The van der Waals surface area contributed by atoms with Gasteiger partial charge in [-0.05, 0) is 63.2 Å². The molecule has 0 aromatic heterocycles. The summed E-state index contributed by atoms with van der Waals surface area (Å²) in [5.74, 6) is -0.801. The molecule has 0 fully saturated rings. The molecule has 0 unspecified atom stereocenters. The van der Waals surface area contributed by atoms with Crippen molar-refractivity contribution in [1.29, 1.82) is 0 Å². The van der Waals surface area contributed by atoms with Gasteiger partial charge in [0.15, 0.2) is 0 Å². The molecule has 0 aliphatic carbocycles. The van der Waals surface area contributed by atoms with Crippen molar-refractivity contribution in [3.05, 3.63) is 59.9 Å². The SMILES string of the molecule is CN(c1ccc(F)cc1)S(=O)(=O)c1cccc(C(=O)NC(C)(C)C)c1. The normalized spacial score (nSPS) is 11.9. The van der Waals surface area contributed by atoms with E-state index in [9.17, 15) is 17.6 Å². The Morgan fingerprint density at radius 3 is 2.24 bits per heavy atom. The minimum atomic E-state index is -3.87. The molecular weight excluding hydrogens is 343 g/mol. The van der Waals surface area contributed by atoms with E-state index in [1.807, 2.05) is 20.8 Å². The lowest BCUT2D eigenvalue weighted by Crippen LogP contribution is -2.40. The summed E-state index contributed by atoms with van der Waals surface area (Å²) in [4.78, 5) is 12.2. The van der Waals surface area contributed by atoms with Crippen LogP contribution in [-0.4, -0.2) is 26.9 Å². The molecule has 0 bridgehead atoms. The average Bonchev–Trinajstić information content (AvgIpc) is 2.53. The van der Waals surface area contributed by atoms with Gasteiger partial charge in [-0.1, -0.05) is 6.07 Å². The predicted molar refractivity (Wildman–Crippen MR) is 95.7 cm³/mol. The van der Waals surface area contributed by atoms with Crippen LogP contribution >= 0.6 is 0 Å². The molecule has 1 N–H and O–H groups in total. The molecule has 25 heavy (non-hydrogen) atoms. The minimum absolute atomic E-state index is 0.0131. The standard InChI is InChI=1S/C18H21FN2O3S/c1-18(2,3)20-17(22)13-6-5-7-16(12-13)25(23,24)21(4)15-10-8-14(19)9-11-15/h5-12H,1-4H3,(H,20,22). The molecule has 2 rings (SSSR count). The Morgan fingerprint density at radius 1 is 1.08 bits per heavy atom. The highest BCUT2D eigenvalue weighted by Crippen LogP contribution is 2.23. The van der Waals surface area contributed by atoms with E-state index in [1.54, 1.807) is 6.07 Å². The maximum atomic E-state index is 13.0. The fourth-order valence-electron chi connectivity index (χ4n) is 2.16. The molecule has 2 aromatic rings. The van der Waals surface area contributed by atoms with Gasteiger partial charge >= 0.3 is 0 Å². The van der Waals surface area contributed by atoms with E-state index in [0.717, 1.165) is 4.31 Å². The number of nitrogens with one attached hydrogen (secondary N) is 1. The van der Waals surface area contributed by atoms with Crippen LogP contribution in [-0.2, 0) is 10.0 Å². The summed E-state index contributed by atoms with van der Waals surface area (Å²) in [5.41, 5.74) is 0.145. The van der Waals surface area contributed by atoms with Gasteiger partial charge in [0.25, 0.3) is 15.9 Å². The number of hydrogen-bond donors (Lipinski definition) is 1. The van der Waals surface area contributed by atoms with Crippen LogP contribution in [0.4, 0.5) is 10.1 Å². The van der Waals surface area contributed by atoms with E-state index < -0.39 is 21.4 Å². The molecule has 0 saturated carbocycles. The van der Waals surface area contributed by atoms with Crippen LogP contribution in [0, 0.1) is 5.82 Å². The number of benzene rings is 2. The van der Waals surface area contributed by atoms with Crippen molar-refractivity contribution in [2.45, 2.75) is 31.2 Å². The van der Waals surface area contributed by atoms with Gasteiger partial charge in [0.05, 0.1) is 10.6 Å². The Balaban J connectivity index is 2.35. The van der Waals surface area contributed by atoms with Crippen LogP contribution in [0.5, 0.6) is 0 Å². The molecule has 0 aliphatic heterocycles. The lowest BCUT2D eigenvalue weighted by Gasteiger charge is -2.22. The molecule has 0 atom stereocenters. The van der Waals surface area contributed by atoms with Crippen molar-refractivity contribution < 1.29 is 17.6 Å². The van der Waals surface area contributed by atoms with Gasteiger partial charge in [0.2, 0.25) is 0 Å². The second-order valence-corrected chi connectivity index (χ2v) is 8.65. The van der Waals surface area contributed by atoms with Crippen molar-refractivity contribution in [2.24, 2.45) is 0 Å². The average molecular weight is 364 g/mol. The fourth-order valence-corrected chi connectivity index (χ4v) is 3.40. The molecule has 0 aliphatic rings. The Bertz CT molecular complexity index is 872. The second-order valence-electron chi connectivity index (χ2n) is 6.68. The molecule has 134 valence electrons. The molecule has 0 radical (unpaired) electrons. The Labute approximate surface area is 147 Å². The number of halogens is 1. The summed E-state index contributed by atoms with van der Waals surface area (Å²) in [6.07, 6.45) is 0. The number of amides is 1. The van der Waals surface area contributed by atoms with E-state index in [1.165, 1.54) is 49.5 Å². The van der Waals surface area contributed by atoms with Crippen molar-refractivity contribution in [3.8, 4) is 0 Å². The predicted octanol–water partition coefficient (Wildman–Crippen LogP) is 3.18. The van der Waals surface area contributed by atoms with E-state index >= 15 is 0 Å². The van der Waals surface area contributed by atoms with Crippen LogP contribution in [0.2, 0.25) is 0 Å². The number of hydrogen-bond acceptors (Lipinski definition) is 3. The highest BCUT2D eigenvalue weighted by atomic mass is 32.2. The van der Waals surface area contributed by atoms with Crippen LogP contribution in [0.25, 0.3) is 0 Å². The van der Waals surface area contributed by atoms with Crippen LogP contribution in [0.1, 0.15) is 31.1 Å². The molecule has 0 saturated heterocycles. The third-order valence-electron chi connectivity index (χ3n) is 3.43. The third kappa shape index (κ3) is 4.57. The summed E-state index contributed by atoms with van der Waals surface area (Å²) in [6.45, 7) is 5.52. The van der Waals surface area contributed by atoms with Gasteiger partial charge in [-0.3, -0.25) is 9.10 Å². The number of rotatable bonds is 4. The van der Waals surface area contributed by atoms with Gasteiger partial charge in [-0.25, -0.2) is 12.8 Å². The largest absolute Gasteiger partial charge is 0.347 e. The van der Waals surface area contributed by atoms with Gasteiger partial charge < -0.3 is 5.32 Å². The smallest absolute Gasteiger partial charge is 0.264 e. The van der Waals surface area contributed by atoms with Crippen molar-refractivity contribution in [1.82, 2.24) is 5.32 Å². The van der Waals surface area contributed by atoms with Crippen molar-refractivity contribution in [3.63, 3.8) is 0 Å². The maximum Gasteiger partial charge on any atom is 0.264 e. The van der Waals surface area contributed by atoms with E-state index in [2.05, 4.69) is 5.32 Å². The Hall–Kier alpha value is -2.41. The third-order valence-corrected chi connectivity index (χ3v) is 5.21. The van der Waals surface area contributed by atoms with Crippen LogP contribution in [0.15, 0.2) is 53.4 Å². The zero-order valence-electron chi connectivity index (χ0n) is 14.6. The summed E-state index contributed by atoms with van der Waals surface area (Å²) in [7, 11) is -2.49. The number of carbonyl (C=O) groups is 1. The first kappa shape index (κ1) is 18.9. The first-order valence-electron chi connectivity index (χ1n) is 7.68. The first-order chi connectivity index (χ1) is 11.5. The van der Waals surface area contributed by atoms with E-state index in [0.29, 0.717) is 5.69 Å². The van der Waals surface area contributed by atoms with Crippen LogP contribution < -0.4 is 9.62 Å². The van der Waals surface area contributed by atoms with E-state index in [-0.39, 0.29) is 16.4 Å². The molecule has 0 spiro atoms. The zero-order valence-corrected chi connectivity index (χ0v) is 15.4. The molecule has 1 amide bonds. The lowest BCUT2D eigenvalue weighted by atomic mass is 10.1. The van der Waals surface area contributed by atoms with Crippen LogP contribution in [0.3, 0.4) is 0 Å². The number of anilines is 1. The van der Waals surface area contributed by atoms with Gasteiger partial charge in [0, 0.05) is 18.2 Å². The summed E-state index contributed by atoms with van der Waals surface area (Å²) >= 11 is 0. The zero-order chi connectivity index (χ0) is 18.8. The van der Waals surface area contributed by atoms with Gasteiger partial charge in [0.1, 0.15) is 5.82 Å². The molecular formula is C18H21FN2O3S. The quantitative estimate of drug-likeness (QED) is 0.906. The monoisotopic (exact) mass is 364 g/mol. The molecule has 7 heteroatoms. The van der Waals surface area contributed by atoms with Crippen molar-refractivity contribution in [2.75, 3.05) is 11.4 Å². The minimum Gasteiger partial charge on any atom is -0.347 e. The first-order valence-corrected chi connectivity index (χ1v) is 9.12. The maximum absolute atomic E-state index is 13.0. The number of sulfonamides is 1. The van der Waals surface area contributed by atoms with Gasteiger partial charge in [-0.2, -0.15) is 0 Å². The Morgan fingerprint density at radius 2 is 1.68 bits per heavy atom. The number of carbonyl (C=O) groups excluding carboxylic acids is 1. The molecule has 0 heterocycles. The molecule has 2 aromatic carbocycles. The van der Waals surface area contributed by atoms with E-state index in [4.69, 9.17) is 0 Å².